The molecule has 3 rings (SSSR count). The van der Waals surface area contributed by atoms with E-state index in [9.17, 15) is 13.2 Å². The Kier molecular flexibility index (Phi) is 7.98. The van der Waals surface area contributed by atoms with Crippen LogP contribution < -0.4 is 10.1 Å². The average Bonchev–Trinajstić information content (AvgIpc) is 2.74. The number of aryl methyl sites for hydroxylation is 2. The van der Waals surface area contributed by atoms with Gasteiger partial charge in [-0.25, -0.2) is 9.97 Å². The number of benzene rings is 2. The third-order valence-corrected chi connectivity index (χ3v) is 5.48. The number of hydrogen-bond acceptors (Lipinski definition) is 4. The van der Waals surface area contributed by atoms with Crippen molar-refractivity contribution < 1.29 is 17.9 Å². The average molecular weight is 484 g/mol. The maximum Gasteiger partial charge on any atom is 0.416 e. The van der Waals surface area contributed by atoms with Gasteiger partial charge >= 0.3 is 6.18 Å². The summed E-state index contributed by atoms with van der Waals surface area (Å²) in [7, 11) is 0. The quantitative estimate of drug-likeness (QED) is 0.371. The summed E-state index contributed by atoms with van der Waals surface area (Å²) in [5.74, 6) is 1.16. The van der Waals surface area contributed by atoms with E-state index in [2.05, 4.69) is 15.3 Å². The molecule has 1 heterocycles. The highest BCUT2D eigenvalue weighted by molar-refractivity contribution is 6.31. The number of halogens is 5. The molecule has 4 nitrogen and oxygen atoms in total. The molecule has 1 atom stereocenters. The SMILES string of the molecule is Cc1ccc(CC(CCl)NCc2nc(C)ncc2Oc2cccc(C(F)(F)F)c2)c(Cl)c1. The molecule has 0 fully saturated rings. The fourth-order valence-corrected chi connectivity index (χ4v) is 3.62. The van der Waals surface area contributed by atoms with Gasteiger partial charge in [0.2, 0.25) is 0 Å². The number of hydrogen-bond donors (Lipinski definition) is 1. The lowest BCUT2D eigenvalue weighted by Crippen LogP contribution is -2.33. The molecule has 0 saturated carbocycles. The van der Waals surface area contributed by atoms with Crippen LogP contribution in [0.5, 0.6) is 11.5 Å². The van der Waals surface area contributed by atoms with E-state index < -0.39 is 11.7 Å². The van der Waals surface area contributed by atoms with Crippen LogP contribution in [0.1, 0.15) is 28.2 Å². The minimum Gasteiger partial charge on any atom is -0.454 e. The van der Waals surface area contributed by atoms with E-state index in [0.29, 0.717) is 35.4 Å². The Morgan fingerprint density at radius 1 is 1.12 bits per heavy atom. The van der Waals surface area contributed by atoms with E-state index >= 15 is 0 Å². The zero-order chi connectivity index (χ0) is 23.3. The minimum atomic E-state index is -4.46. The van der Waals surface area contributed by atoms with Crippen molar-refractivity contribution in [3.63, 3.8) is 0 Å². The number of nitrogens with one attached hydrogen (secondary N) is 1. The summed E-state index contributed by atoms with van der Waals surface area (Å²) >= 11 is 12.5. The molecule has 0 aliphatic rings. The van der Waals surface area contributed by atoms with E-state index in [-0.39, 0.29) is 17.5 Å². The summed E-state index contributed by atoms with van der Waals surface area (Å²) < 4.78 is 44.7. The lowest BCUT2D eigenvalue weighted by Gasteiger charge is -2.18. The van der Waals surface area contributed by atoms with Crippen molar-refractivity contribution in [1.82, 2.24) is 15.3 Å². The van der Waals surface area contributed by atoms with Gasteiger partial charge in [0.15, 0.2) is 5.75 Å². The summed E-state index contributed by atoms with van der Waals surface area (Å²) in [6.45, 7) is 3.98. The monoisotopic (exact) mass is 483 g/mol. The number of alkyl halides is 4. The highest BCUT2D eigenvalue weighted by Crippen LogP contribution is 2.33. The maximum absolute atomic E-state index is 13.0. The van der Waals surface area contributed by atoms with E-state index in [0.717, 1.165) is 23.3 Å². The number of rotatable bonds is 8. The molecule has 0 amide bonds. The van der Waals surface area contributed by atoms with Gasteiger partial charge in [-0.05, 0) is 55.7 Å². The Morgan fingerprint density at radius 3 is 2.59 bits per heavy atom. The number of aromatic nitrogens is 2. The predicted octanol–water partition coefficient (Wildman–Crippen LogP) is 6.50. The van der Waals surface area contributed by atoms with Crippen LogP contribution in [0, 0.1) is 13.8 Å². The number of ether oxygens (including phenoxy) is 1. The molecule has 170 valence electrons. The summed E-state index contributed by atoms with van der Waals surface area (Å²) in [4.78, 5) is 8.51. The molecule has 0 aliphatic carbocycles. The predicted molar refractivity (Wildman–Crippen MR) is 120 cm³/mol. The van der Waals surface area contributed by atoms with Crippen LogP contribution in [0.15, 0.2) is 48.7 Å². The van der Waals surface area contributed by atoms with Gasteiger partial charge in [-0.3, -0.25) is 0 Å². The molecule has 0 bridgehead atoms. The molecule has 1 N–H and O–H groups in total. The minimum absolute atomic E-state index is 0.0499. The Balaban J connectivity index is 1.75. The topological polar surface area (TPSA) is 47.0 Å². The molecule has 0 radical (unpaired) electrons. The van der Waals surface area contributed by atoms with Crippen LogP contribution in [0.2, 0.25) is 5.02 Å². The third kappa shape index (κ3) is 6.58. The van der Waals surface area contributed by atoms with Gasteiger partial charge in [0.05, 0.1) is 11.8 Å². The van der Waals surface area contributed by atoms with Crippen molar-refractivity contribution >= 4 is 23.2 Å². The molecule has 32 heavy (non-hydrogen) atoms. The van der Waals surface area contributed by atoms with E-state index in [1.54, 1.807) is 6.92 Å². The van der Waals surface area contributed by atoms with Crippen LogP contribution in [-0.2, 0) is 19.1 Å². The molecule has 0 saturated heterocycles. The summed E-state index contributed by atoms with van der Waals surface area (Å²) in [5.41, 5.74) is 1.76. The van der Waals surface area contributed by atoms with Gasteiger partial charge in [-0.1, -0.05) is 29.8 Å². The standard InChI is InChI=1S/C23H22Cl2F3N3O/c1-14-6-7-16(20(25)8-14)9-18(11-24)30-12-21-22(13-29-15(2)31-21)32-19-5-3-4-17(10-19)23(26,27)28/h3-8,10,13,18,30H,9,11-12H2,1-2H3. The summed E-state index contributed by atoms with van der Waals surface area (Å²) in [6, 6.07) is 10.4. The van der Waals surface area contributed by atoms with Crippen molar-refractivity contribution in [2.45, 2.75) is 39.0 Å². The Hall–Kier alpha value is -2.35. The highest BCUT2D eigenvalue weighted by Gasteiger charge is 2.30. The van der Waals surface area contributed by atoms with Crippen molar-refractivity contribution in [3.05, 3.63) is 81.9 Å². The second-order valence-corrected chi connectivity index (χ2v) is 8.10. The molecule has 9 heteroatoms. The van der Waals surface area contributed by atoms with E-state index in [1.807, 2.05) is 25.1 Å². The van der Waals surface area contributed by atoms with Gasteiger partial charge in [0.25, 0.3) is 0 Å². The van der Waals surface area contributed by atoms with Gasteiger partial charge in [-0.2, -0.15) is 13.2 Å². The van der Waals surface area contributed by atoms with Gasteiger partial charge in [0.1, 0.15) is 17.3 Å². The molecular formula is C23H22Cl2F3N3O. The van der Waals surface area contributed by atoms with Crippen LogP contribution in [0.4, 0.5) is 13.2 Å². The van der Waals surface area contributed by atoms with Gasteiger partial charge in [0, 0.05) is 23.5 Å². The zero-order valence-corrected chi connectivity index (χ0v) is 19.0. The van der Waals surface area contributed by atoms with E-state index in [4.69, 9.17) is 27.9 Å². The van der Waals surface area contributed by atoms with Crippen molar-refractivity contribution in [3.8, 4) is 11.5 Å². The van der Waals surface area contributed by atoms with Crippen LogP contribution in [0.25, 0.3) is 0 Å². The molecule has 0 aliphatic heterocycles. The Labute approximate surface area is 194 Å². The molecule has 2 aromatic carbocycles. The first-order valence-corrected chi connectivity index (χ1v) is 10.8. The molecule has 1 unspecified atom stereocenters. The normalized spacial score (nSPS) is 12.6. The summed E-state index contributed by atoms with van der Waals surface area (Å²) in [5, 5.41) is 4.00. The first-order valence-electron chi connectivity index (χ1n) is 9.87. The van der Waals surface area contributed by atoms with Crippen molar-refractivity contribution in [2.24, 2.45) is 0 Å². The fourth-order valence-electron chi connectivity index (χ4n) is 3.09. The van der Waals surface area contributed by atoms with Crippen LogP contribution >= 0.6 is 23.2 Å². The fraction of sp³-hybridized carbons (Fsp3) is 0.304. The molecule has 0 spiro atoms. The van der Waals surface area contributed by atoms with Crippen LogP contribution in [-0.4, -0.2) is 21.9 Å². The lowest BCUT2D eigenvalue weighted by molar-refractivity contribution is -0.137. The van der Waals surface area contributed by atoms with Gasteiger partial charge < -0.3 is 10.1 Å². The first kappa shape index (κ1) is 24.3. The molecule has 3 aromatic rings. The maximum atomic E-state index is 13.0. The second kappa shape index (κ2) is 10.5. The van der Waals surface area contributed by atoms with Gasteiger partial charge in [-0.15, -0.1) is 11.6 Å². The van der Waals surface area contributed by atoms with E-state index in [1.165, 1.54) is 18.3 Å². The molecule has 1 aromatic heterocycles. The second-order valence-electron chi connectivity index (χ2n) is 7.39. The van der Waals surface area contributed by atoms with Crippen molar-refractivity contribution in [2.75, 3.05) is 5.88 Å². The summed E-state index contributed by atoms with van der Waals surface area (Å²) in [6.07, 6.45) is -2.40. The first-order chi connectivity index (χ1) is 15.2. The molecular weight excluding hydrogens is 462 g/mol. The Bertz CT molecular complexity index is 1080. The van der Waals surface area contributed by atoms with Crippen molar-refractivity contribution in [1.29, 1.82) is 0 Å². The lowest BCUT2D eigenvalue weighted by atomic mass is 10.1. The largest absolute Gasteiger partial charge is 0.454 e. The number of nitrogens with zero attached hydrogens (tertiary/aromatic N) is 2. The third-order valence-electron chi connectivity index (χ3n) is 4.76. The highest BCUT2D eigenvalue weighted by atomic mass is 35.5. The zero-order valence-electron chi connectivity index (χ0n) is 17.5. The smallest absolute Gasteiger partial charge is 0.416 e. The Morgan fingerprint density at radius 2 is 1.91 bits per heavy atom. The van der Waals surface area contributed by atoms with Crippen LogP contribution in [0.3, 0.4) is 0 Å².